The van der Waals surface area contributed by atoms with Crippen LogP contribution in [0.25, 0.3) is 0 Å². The van der Waals surface area contributed by atoms with Crippen LogP contribution in [0.5, 0.6) is 0 Å². The van der Waals surface area contributed by atoms with Crippen molar-refractivity contribution in [3.05, 3.63) is 15.6 Å². The fourth-order valence-electron chi connectivity index (χ4n) is 1.02. The highest BCUT2D eigenvalue weighted by Gasteiger charge is 2.15. The minimum absolute atomic E-state index is 0.0307. The second-order valence-electron chi connectivity index (χ2n) is 2.90. The maximum absolute atomic E-state index is 11.1. The molecule has 0 amide bonds. The van der Waals surface area contributed by atoms with Crippen LogP contribution in [-0.4, -0.2) is 17.9 Å². The van der Waals surface area contributed by atoms with E-state index < -0.39 is 0 Å². The largest absolute Gasteiger partial charge is 0.375 e. The van der Waals surface area contributed by atoms with Gasteiger partial charge >= 0.3 is 0 Å². The first-order valence-electron chi connectivity index (χ1n) is 4.07. The average molecular weight is 199 g/mol. The fourth-order valence-corrected chi connectivity index (χ4v) is 2.01. The highest BCUT2D eigenvalue weighted by Crippen LogP contribution is 2.25. The molecule has 3 nitrogen and oxygen atoms in total. The van der Waals surface area contributed by atoms with Crippen LogP contribution in [0.15, 0.2) is 0 Å². The van der Waals surface area contributed by atoms with Gasteiger partial charge in [0.25, 0.3) is 0 Å². The fraction of sp³-hybridized carbons (Fsp3) is 0.556. The topological polar surface area (TPSA) is 39.2 Å². The number of rotatable bonds is 3. The molecule has 72 valence electrons. The van der Waals surface area contributed by atoms with Gasteiger partial charge in [-0.1, -0.05) is 0 Å². The first kappa shape index (κ1) is 10.3. The molecule has 1 aromatic heterocycles. The van der Waals surface area contributed by atoms with Gasteiger partial charge in [0, 0.05) is 14.0 Å². The van der Waals surface area contributed by atoms with Crippen molar-refractivity contribution in [1.82, 2.24) is 4.98 Å². The van der Waals surface area contributed by atoms with Crippen molar-refractivity contribution in [1.29, 1.82) is 0 Å². The van der Waals surface area contributed by atoms with E-state index in [0.29, 0.717) is 0 Å². The number of hydrogen-bond acceptors (Lipinski definition) is 4. The van der Waals surface area contributed by atoms with E-state index in [2.05, 4.69) is 4.98 Å². The third-order valence-corrected chi connectivity index (χ3v) is 3.25. The zero-order chi connectivity index (χ0) is 10.0. The Kier molecular flexibility index (Phi) is 3.17. The molecule has 0 saturated carbocycles. The molecule has 0 bridgehead atoms. The predicted octanol–water partition coefficient (Wildman–Crippen LogP) is 2.36. The molecule has 0 aliphatic rings. The van der Waals surface area contributed by atoms with E-state index >= 15 is 0 Å². The van der Waals surface area contributed by atoms with Crippen molar-refractivity contribution in [2.24, 2.45) is 0 Å². The summed E-state index contributed by atoms with van der Waals surface area (Å²) in [5.74, 6) is 0.0737. The molecule has 1 heterocycles. The van der Waals surface area contributed by atoms with E-state index in [1.807, 2.05) is 13.8 Å². The summed E-state index contributed by atoms with van der Waals surface area (Å²) in [6.07, 6.45) is -0.0307. The molecule has 1 unspecified atom stereocenters. The minimum atomic E-state index is -0.0307. The minimum Gasteiger partial charge on any atom is -0.375 e. The van der Waals surface area contributed by atoms with Crippen LogP contribution in [0.3, 0.4) is 0 Å². The molecule has 13 heavy (non-hydrogen) atoms. The number of methoxy groups -OCH3 is 1. The Morgan fingerprint density at radius 2 is 2.23 bits per heavy atom. The number of carbonyl (C=O) groups excluding carboxylic acids is 1. The lowest BCUT2D eigenvalue weighted by atomic mass is 10.3. The lowest BCUT2D eigenvalue weighted by molar-refractivity contribution is 0.102. The molecular weight excluding hydrogens is 186 g/mol. The van der Waals surface area contributed by atoms with Crippen molar-refractivity contribution < 1.29 is 9.53 Å². The number of carbonyl (C=O) groups is 1. The molecule has 0 spiro atoms. The van der Waals surface area contributed by atoms with Gasteiger partial charge in [-0.2, -0.15) is 0 Å². The summed E-state index contributed by atoms with van der Waals surface area (Å²) in [6.45, 7) is 5.32. The van der Waals surface area contributed by atoms with E-state index in [9.17, 15) is 4.79 Å². The molecule has 0 aromatic carbocycles. The molecule has 1 atom stereocenters. The van der Waals surface area contributed by atoms with E-state index in [-0.39, 0.29) is 11.9 Å². The van der Waals surface area contributed by atoms with E-state index in [1.165, 1.54) is 11.3 Å². The quantitative estimate of drug-likeness (QED) is 0.701. The van der Waals surface area contributed by atoms with Crippen molar-refractivity contribution in [3.63, 3.8) is 0 Å². The molecule has 0 saturated heterocycles. The Labute approximate surface area is 81.8 Å². The Morgan fingerprint density at radius 1 is 1.62 bits per heavy atom. The number of ether oxygens (including phenoxy) is 1. The summed E-state index contributed by atoms with van der Waals surface area (Å²) in [5.41, 5.74) is 0.802. The maximum Gasteiger partial charge on any atom is 0.171 e. The monoisotopic (exact) mass is 199 g/mol. The summed E-state index contributed by atoms with van der Waals surface area (Å²) in [6, 6.07) is 0. The molecule has 0 fully saturated rings. The number of aromatic nitrogens is 1. The molecule has 1 rings (SSSR count). The lowest BCUT2D eigenvalue weighted by Gasteiger charge is -2.03. The lowest BCUT2D eigenvalue weighted by Crippen LogP contribution is -1.94. The standard InChI is InChI=1S/C9H13NO2S/c1-5-8(6(2)11)13-9(10-5)7(3)12-4/h7H,1-4H3. The third kappa shape index (κ3) is 2.14. The van der Waals surface area contributed by atoms with Crippen molar-refractivity contribution in [2.75, 3.05) is 7.11 Å². The first-order chi connectivity index (χ1) is 6.06. The molecule has 1 aromatic rings. The number of nitrogens with zero attached hydrogens (tertiary/aromatic N) is 1. The van der Waals surface area contributed by atoms with Gasteiger partial charge in [0.05, 0.1) is 10.6 Å². The molecular formula is C9H13NO2S. The van der Waals surface area contributed by atoms with Gasteiger partial charge in [0.1, 0.15) is 11.1 Å². The Bertz CT molecular complexity index is 319. The van der Waals surface area contributed by atoms with Crippen molar-refractivity contribution in [3.8, 4) is 0 Å². The normalized spacial score (nSPS) is 12.9. The van der Waals surface area contributed by atoms with Gasteiger partial charge < -0.3 is 4.74 Å². The van der Waals surface area contributed by atoms with Crippen LogP contribution >= 0.6 is 11.3 Å². The van der Waals surface area contributed by atoms with Gasteiger partial charge in [-0.05, 0) is 13.8 Å². The maximum atomic E-state index is 11.1. The van der Waals surface area contributed by atoms with Crippen LogP contribution < -0.4 is 0 Å². The molecule has 0 radical (unpaired) electrons. The SMILES string of the molecule is COC(C)c1nc(C)c(C(C)=O)s1. The summed E-state index contributed by atoms with van der Waals surface area (Å²) in [5, 5.41) is 0.866. The number of aryl methyl sites for hydroxylation is 1. The summed E-state index contributed by atoms with van der Waals surface area (Å²) in [7, 11) is 1.63. The number of ketones is 1. The number of Topliss-reactive ketones (excluding diaryl/α,β-unsaturated/α-hetero) is 1. The van der Waals surface area contributed by atoms with Gasteiger partial charge in [0.15, 0.2) is 5.78 Å². The zero-order valence-electron chi connectivity index (χ0n) is 8.25. The second-order valence-corrected chi connectivity index (χ2v) is 3.93. The van der Waals surface area contributed by atoms with Crippen molar-refractivity contribution >= 4 is 17.1 Å². The van der Waals surface area contributed by atoms with Crippen LogP contribution in [-0.2, 0) is 4.74 Å². The Hall–Kier alpha value is -0.740. The van der Waals surface area contributed by atoms with E-state index in [1.54, 1.807) is 14.0 Å². The van der Waals surface area contributed by atoms with Gasteiger partial charge in [-0.3, -0.25) is 4.79 Å². The summed E-state index contributed by atoms with van der Waals surface area (Å²) in [4.78, 5) is 16.1. The van der Waals surface area contributed by atoms with E-state index in [0.717, 1.165) is 15.6 Å². The van der Waals surface area contributed by atoms with Crippen LogP contribution in [0.1, 0.15) is 40.3 Å². The summed E-state index contributed by atoms with van der Waals surface area (Å²) < 4.78 is 5.12. The highest BCUT2D eigenvalue weighted by atomic mass is 32.1. The Balaban J connectivity index is 3.01. The van der Waals surface area contributed by atoms with Crippen LogP contribution in [0.4, 0.5) is 0 Å². The van der Waals surface area contributed by atoms with Gasteiger partial charge in [0.2, 0.25) is 0 Å². The van der Waals surface area contributed by atoms with Crippen LogP contribution in [0, 0.1) is 6.92 Å². The Morgan fingerprint density at radius 3 is 2.62 bits per heavy atom. The van der Waals surface area contributed by atoms with Crippen LogP contribution in [0.2, 0.25) is 0 Å². The van der Waals surface area contributed by atoms with Gasteiger partial charge in [-0.15, -0.1) is 11.3 Å². The molecule has 0 N–H and O–H groups in total. The number of thiazole rings is 1. The van der Waals surface area contributed by atoms with Crippen molar-refractivity contribution in [2.45, 2.75) is 26.9 Å². The highest BCUT2D eigenvalue weighted by molar-refractivity contribution is 7.13. The summed E-state index contributed by atoms with van der Waals surface area (Å²) >= 11 is 1.41. The smallest absolute Gasteiger partial charge is 0.171 e. The predicted molar refractivity (Wildman–Crippen MR) is 52.3 cm³/mol. The molecule has 0 aliphatic carbocycles. The second kappa shape index (κ2) is 3.98. The molecule has 4 heteroatoms. The average Bonchev–Trinajstić information content (AvgIpc) is 2.46. The third-order valence-electron chi connectivity index (χ3n) is 1.83. The van der Waals surface area contributed by atoms with Gasteiger partial charge in [-0.25, -0.2) is 4.98 Å². The number of hydrogen-bond donors (Lipinski definition) is 0. The van der Waals surface area contributed by atoms with E-state index in [4.69, 9.17) is 4.74 Å². The zero-order valence-corrected chi connectivity index (χ0v) is 9.07. The molecule has 0 aliphatic heterocycles. The first-order valence-corrected chi connectivity index (χ1v) is 4.89.